The third-order valence-electron chi connectivity index (χ3n) is 17.8. The van der Waals surface area contributed by atoms with Gasteiger partial charge in [-0.1, -0.05) is 331 Å². The molecule has 79 heavy (non-hydrogen) atoms. The van der Waals surface area contributed by atoms with Crippen molar-refractivity contribution in [3.63, 3.8) is 0 Å². The van der Waals surface area contributed by atoms with Gasteiger partial charge < -0.3 is 14.8 Å². The van der Waals surface area contributed by atoms with Crippen molar-refractivity contribution >= 4 is 17.8 Å². The van der Waals surface area contributed by atoms with Crippen LogP contribution in [0.15, 0.2) is 0 Å². The van der Waals surface area contributed by atoms with Gasteiger partial charge in [-0.25, -0.2) is 4.79 Å². The molecule has 1 atom stereocenters. The van der Waals surface area contributed by atoms with Crippen LogP contribution in [0, 0.1) is 0 Å². The quantitative estimate of drug-likeness (QED) is 0.0485. The number of unbranched alkanes of at least 4 members (excludes halogenated alkanes) is 44. The molecule has 0 spiro atoms. The van der Waals surface area contributed by atoms with Crippen molar-refractivity contribution in [3.05, 3.63) is 0 Å². The lowest BCUT2D eigenvalue weighted by molar-refractivity contribution is -0.168. The summed E-state index contributed by atoms with van der Waals surface area (Å²) >= 11 is 0. The summed E-state index contributed by atoms with van der Waals surface area (Å²) in [5.74, 6) is -0.597. The molecule has 6 heteroatoms. The van der Waals surface area contributed by atoms with Gasteiger partial charge in [0.1, 0.15) is 17.2 Å². The van der Waals surface area contributed by atoms with Crippen LogP contribution in [0.3, 0.4) is 0 Å². The van der Waals surface area contributed by atoms with Crippen LogP contribution in [0.1, 0.15) is 434 Å². The summed E-state index contributed by atoms with van der Waals surface area (Å²) in [6.45, 7) is 16.0. The summed E-state index contributed by atoms with van der Waals surface area (Å²) in [5, 5.41) is 3.23. The molecule has 0 aliphatic rings. The van der Waals surface area contributed by atoms with Gasteiger partial charge in [0, 0.05) is 12.8 Å². The number of ether oxygens (including phenoxy) is 2. The van der Waals surface area contributed by atoms with E-state index in [1.54, 1.807) is 0 Å². The molecule has 0 saturated carbocycles. The molecule has 0 fully saturated rings. The Morgan fingerprint density at radius 3 is 0.747 bits per heavy atom. The highest BCUT2D eigenvalue weighted by molar-refractivity contribution is 5.85. The van der Waals surface area contributed by atoms with E-state index in [-0.39, 0.29) is 30.7 Å². The summed E-state index contributed by atoms with van der Waals surface area (Å²) in [6, 6.07) is -0.862. The zero-order valence-corrected chi connectivity index (χ0v) is 55.0. The number of rotatable bonds is 65. The Morgan fingerprint density at radius 2 is 0.494 bits per heavy atom. The first-order valence-corrected chi connectivity index (χ1v) is 36.4. The van der Waals surface area contributed by atoms with Gasteiger partial charge in [0.2, 0.25) is 5.91 Å². The Labute approximate surface area is 495 Å². The second-order valence-corrected chi connectivity index (χ2v) is 25.7. The van der Waals surface area contributed by atoms with E-state index in [1.807, 2.05) is 0 Å². The normalized spacial score (nSPS) is 12.3. The van der Waals surface area contributed by atoms with Crippen molar-refractivity contribution in [2.45, 2.75) is 451 Å². The molecule has 0 aromatic rings. The smallest absolute Gasteiger partial charge is 0.329 e. The average Bonchev–Trinajstić information content (AvgIpc) is 3.45. The molecule has 0 aliphatic carbocycles. The van der Waals surface area contributed by atoms with Crippen LogP contribution in [0.2, 0.25) is 0 Å². The van der Waals surface area contributed by atoms with Gasteiger partial charge in [0.25, 0.3) is 0 Å². The number of carbonyl (C=O) groups excluding carboxylic acids is 3. The first-order chi connectivity index (χ1) is 38.7. The number of amides is 1. The number of hydrogen-bond acceptors (Lipinski definition) is 5. The van der Waals surface area contributed by atoms with Crippen LogP contribution in [0.25, 0.3) is 0 Å². The third kappa shape index (κ3) is 49.5. The van der Waals surface area contributed by atoms with Gasteiger partial charge in [-0.2, -0.15) is 0 Å². The number of carbonyl (C=O) groups is 3. The van der Waals surface area contributed by atoms with E-state index >= 15 is 4.79 Å². The van der Waals surface area contributed by atoms with Crippen molar-refractivity contribution in [1.29, 1.82) is 0 Å². The molecule has 1 unspecified atom stereocenters. The standard InChI is InChI=1S/C73H143NO5/c1-8-15-22-29-36-39-42-45-52-59-69(75)74-68(71(77)79-73(65-56-48-34-27-20-13-6,66-57-49-35-28-21-14-7)67-58-51-44-41-38-31-24-17-10-3)60-61-70(76)78-72(62-53-46-32-25-18-11-4,63-54-47-33-26-19-12-5)64-55-50-43-40-37-30-23-16-9-2/h68H,8-67H2,1-7H3,(H,74,75). The summed E-state index contributed by atoms with van der Waals surface area (Å²) in [5.41, 5.74) is -1.02. The molecule has 470 valence electrons. The first kappa shape index (κ1) is 77.4. The molecule has 1 N–H and O–H groups in total. The summed E-state index contributed by atoms with van der Waals surface area (Å²) < 4.78 is 14.0. The Morgan fingerprint density at radius 1 is 0.278 bits per heavy atom. The summed E-state index contributed by atoms with van der Waals surface area (Å²) in [7, 11) is 0. The number of esters is 2. The van der Waals surface area contributed by atoms with E-state index in [9.17, 15) is 9.59 Å². The van der Waals surface area contributed by atoms with Crippen LogP contribution in [0.5, 0.6) is 0 Å². The minimum Gasteiger partial charge on any atom is -0.459 e. The predicted molar refractivity (Wildman–Crippen MR) is 346 cm³/mol. The highest BCUT2D eigenvalue weighted by atomic mass is 16.6. The van der Waals surface area contributed by atoms with Crippen molar-refractivity contribution in [2.75, 3.05) is 0 Å². The van der Waals surface area contributed by atoms with Gasteiger partial charge >= 0.3 is 11.9 Å². The molecule has 0 aliphatic heterocycles. The van der Waals surface area contributed by atoms with Gasteiger partial charge in [-0.3, -0.25) is 9.59 Å². The first-order valence-electron chi connectivity index (χ1n) is 36.4. The summed E-state index contributed by atoms with van der Waals surface area (Å²) in [4.78, 5) is 43.8. The molecule has 0 saturated heterocycles. The fourth-order valence-electron chi connectivity index (χ4n) is 12.4. The molecular weight excluding hydrogens is 971 g/mol. The molecular formula is C73H143NO5. The molecule has 0 aromatic carbocycles. The van der Waals surface area contributed by atoms with E-state index in [2.05, 4.69) is 53.8 Å². The van der Waals surface area contributed by atoms with Gasteiger partial charge in [0.15, 0.2) is 0 Å². The van der Waals surface area contributed by atoms with Gasteiger partial charge in [-0.15, -0.1) is 0 Å². The van der Waals surface area contributed by atoms with Crippen molar-refractivity contribution < 1.29 is 23.9 Å². The number of nitrogens with one attached hydrogen (secondary N) is 1. The fourth-order valence-corrected chi connectivity index (χ4v) is 12.4. The third-order valence-corrected chi connectivity index (χ3v) is 17.8. The highest BCUT2D eigenvalue weighted by Gasteiger charge is 2.38. The van der Waals surface area contributed by atoms with Crippen LogP contribution in [0.4, 0.5) is 0 Å². The largest absolute Gasteiger partial charge is 0.459 e. The zero-order chi connectivity index (χ0) is 57.9. The topological polar surface area (TPSA) is 81.7 Å². The molecule has 0 rings (SSSR count). The predicted octanol–water partition coefficient (Wildman–Crippen LogP) is 24.6. The van der Waals surface area contributed by atoms with Crippen LogP contribution in [-0.4, -0.2) is 35.1 Å². The Bertz CT molecular complexity index is 1250. The Balaban J connectivity index is 6.81. The molecule has 0 bridgehead atoms. The minimum atomic E-state index is -0.862. The van der Waals surface area contributed by atoms with Gasteiger partial charge in [0.05, 0.1) is 0 Å². The highest BCUT2D eigenvalue weighted by Crippen LogP contribution is 2.36. The van der Waals surface area contributed by atoms with Crippen LogP contribution < -0.4 is 5.32 Å². The molecule has 0 heterocycles. The van der Waals surface area contributed by atoms with E-state index in [4.69, 9.17) is 9.47 Å². The maximum Gasteiger partial charge on any atom is 0.329 e. The molecule has 0 radical (unpaired) electrons. The van der Waals surface area contributed by atoms with Gasteiger partial charge in [-0.05, 0) is 89.9 Å². The maximum absolute atomic E-state index is 15.1. The van der Waals surface area contributed by atoms with Crippen molar-refractivity contribution in [2.24, 2.45) is 0 Å². The molecule has 0 aromatic heterocycles. The van der Waals surface area contributed by atoms with Crippen molar-refractivity contribution in [1.82, 2.24) is 5.32 Å². The van der Waals surface area contributed by atoms with E-state index < -0.39 is 17.2 Å². The summed E-state index contributed by atoms with van der Waals surface area (Å²) in [6.07, 6.45) is 68.8. The Hall–Kier alpha value is -1.59. The molecule has 6 nitrogen and oxygen atoms in total. The lowest BCUT2D eigenvalue weighted by Gasteiger charge is -2.36. The average molecular weight is 1110 g/mol. The lowest BCUT2D eigenvalue weighted by Crippen LogP contribution is -2.47. The van der Waals surface area contributed by atoms with E-state index in [1.165, 1.54) is 257 Å². The number of hydrogen-bond donors (Lipinski definition) is 1. The fraction of sp³-hybridized carbons (Fsp3) is 0.959. The second kappa shape index (κ2) is 59.6. The zero-order valence-electron chi connectivity index (χ0n) is 55.0. The monoisotopic (exact) mass is 1110 g/mol. The van der Waals surface area contributed by atoms with Crippen molar-refractivity contribution in [3.8, 4) is 0 Å². The molecule has 1 amide bonds. The lowest BCUT2D eigenvalue weighted by atomic mass is 9.84. The SMILES string of the molecule is CCCCCCCCCCCC(=O)NC(CCC(=O)OC(CCCCCCCC)(CCCCCCCC)CCCCCCCCCCC)C(=O)OC(CCCCCCCC)(CCCCCCCC)CCCCCCCCCCC. The minimum absolute atomic E-state index is 0.0829. The Kier molecular flexibility index (Phi) is 58.4. The van der Waals surface area contributed by atoms with Crippen LogP contribution >= 0.6 is 0 Å². The van der Waals surface area contributed by atoms with E-state index in [0.717, 1.165) is 109 Å². The second-order valence-electron chi connectivity index (χ2n) is 25.7. The maximum atomic E-state index is 15.1. The van der Waals surface area contributed by atoms with E-state index in [0.29, 0.717) is 6.42 Å². The van der Waals surface area contributed by atoms with Crippen LogP contribution in [-0.2, 0) is 23.9 Å².